The lowest BCUT2D eigenvalue weighted by atomic mass is 10.0. The zero-order valence-electron chi connectivity index (χ0n) is 13.9. The molecule has 1 aliphatic rings. The summed E-state index contributed by atoms with van der Waals surface area (Å²) < 4.78 is 6.36. The fraction of sp³-hybridized carbons (Fsp3) is 0.588. The van der Waals surface area contributed by atoms with Crippen molar-refractivity contribution in [3.05, 3.63) is 33.3 Å². The third-order valence-corrected chi connectivity index (χ3v) is 4.61. The number of piperidine rings is 1. The SMILES string of the molecule is CC(C)(C)OC(=O)NC1CCCN(Cc2ccc(Cl)cc2Br)C1. The molecule has 0 aliphatic carbocycles. The summed E-state index contributed by atoms with van der Waals surface area (Å²) in [5.74, 6) is 0. The molecule has 1 atom stereocenters. The number of nitrogens with zero attached hydrogens (tertiary/aromatic N) is 1. The molecule has 1 N–H and O–H groups in total. The lowest BCUT2D eigenvalue weighted by Crippen LogP contribution is -2.48. The summed E-state index contributed by atoms with van der Waals surface area (Å²) in [5, 5.41) is 3.70. The number of carbonyl (C=O) groups excluding carboxylic acids is 1. The maximum absolute atomic E-state index is 11.9. The number of benzene rings is 1. The number of ether oxygens (including phenoxy) is 1. The van der Waals surface area contributed by atoms with Crippen molar-refractivity contribution in [3.8, 4) is 0 Å². The van der Waals surface area contributed by atoms with E-state index in [2.05, 4.69) is 26.1 Å². The summed E-state index contributed by atoms with van der Waals surface area (Å²) in [6.07, 6.45) is 1.71. The molecule has 1 aliphatic heterocycles. The topological polar surface area (TPSA) is 41.6 Å². The minimum atomic E-state index is -0.466. The highest BCUT2D eigenvalue weighted by Gasteiger charge is 2.24. The summed E-state index contributed by atoms with van der Waals surface area (Å²) in [7, 11) is 0. The van der Waals surface area contributed by atoms with Gasteiger partial charge in [0.15, 0.2) is 0 Å². The van der Waals surface area contributed by atoms with Crippen LogP contribution in [0.4, 0.5) is 4.79 Å². The van der Waals surface area contributed by atoms with Crippen LogP contribution in [0.25, 0.3) is 0 Å². The van der Waals surface area contributed by atoms with Crippen LogP contribution in [0.5, 0.6) is 0 Å². The van der Waals surface area contributed by atoms with Crippen molar-refractivity contribution >= 4 is 33.6 Å². The second-order valence-electron chi connectivity index (χ2n) is 6.96. The van der Waals surface area contributed by atoms with E-state index in [1.807, 2.05) is 39.0 Å². The van der Waals surface area contributed by atoms with Gasteiger partial charge in [-0.2, -0.15) is 0 Å². The molecule has 6 heteroatoms. The van der Waals surface area contributed by atoms with Crippen LogP contribution in [0.2, 0.25) is 5.02 Å². The number of hydrogen-bond acceptors (Lipinski definition) is 3. The molecule has 0 radical (unpaired) electrons. The normalized spacial score (nSPS) is 19.4. The van der Waals surface area contributed by atoms with Crippen LogP contribution in [0.1, 0.15) is 39.2 Å². The molecule has 2 rings (SSSR count). The molecular formula is C17H24BrClN2O2. The molecule has 0 saturated carbocycles. The number of likely N-dealkylation sites (tertiary alicyclic amines) is 1. The van der Waals surface area contributed by atoms with Gasteiger partial charge < -0.3 is 10.1 Å². The smallest absolute Gasteiger partial charge is 0.407 e. The molecule has 1 aromatic rings. The molecule has 0 bridgehead atoms. The zero-order chi connectivity index (χ0) is 17.0. The number of rotatable bonds is 3. The number of halogens is 2. The Hall–Kier alpha value is -0.780. The van der Waals surface area contributed by atoms with Gasteiger partial charge in [0.1, 0.15) is 5.60 Å². The molecule has 128 valence electrons. The van der Waals surface area contributed by atoms with Gasteiger partial charge in [0.25, 0.3) is 0 Å². The number of carbonyl (C=O) groups is 1. The standard InChI is InChI=1S/C17H24BrClN2O2/c1-17(2,3)23-16(22)20-14-5-4-8-21(11-14)10-12-6-7-13(19)9-15(12)18/h6-7,9,14H,4-5,8,10-11H2,1-3H3,(H,20,22). The Kier molecular flexibility index (Phi) is 6.34. The van der Waals surface area contributed by atoms with Crippen LogP contribution in [0, 0.1) is 0 Å². The summed E-state index contributed by atoms with van der Waals surface area (Å²) in [6.45, 7) is 8.31. The monoisotopic (exact) mass is 402 g/mol. The van der Waals surface area contributed by atoms with Gasteiger partial charge in [0.05, 0.1) is 0 Å². The maximum Gasteiger partial charge on any atom is 0.407 e. The van der Waals surface area contributed by atoms with E-state index in [1.54, 1.807) is 0 Å². The Morgan fingerprint density at radius 3 is 2.87 bits per heavy atom. The van der Waals surface area contributed by atoms with E-state index in [0.717, 1.165) is 42.0 Å². The Labute approximate surface area is 151 Å². The predicted octanol–water partition coefficient (Wildman–Crippen LogP) is 4.59. The van der Waals surface area contributed by atoms with E-state index >= 15 is 0 Å². The van der Waals surface area contributed by atoms with Crippen LogP contribution in [0.15, 0.2) is 22.7 Å². The summed E-state index contributed by atoms with van der Waals surface area (Å²) >= 11 is 9.55. The molecule has 0 aromatic heterocycles. The van der Waals surface area contributed by atoms with Gasteiger partial charge in [0.2, 0.25) is 0 Å². The molecule has 1 amide bonds. The first-order valence-electron chi connectivity index (χ1n) is 7.89. The summed E-state index contributed by atoms with van der Waals surface area (Å²) in [5.41, 5.74) is 0.736. The van der Waals surface area contributed by atoms with Gasteiger partial charge in [-0.1, -0.05) is 33.6 Å². The van der Waals surface area contributed by atoms with Gasteiger partial charge in [-0.25, -0.2) is 4.79 Å². The second kappa shape index (κ2) is 7.86. The van der Waals surface area contributed by atoms with Crippen LogP contribution < -0.4 is 5.32 Å². The first-order chi connectivity index (χ1) is 10.7. The minimum Gasteiger partial charge on any atom is -0.444 e. The largest absolute Gasteiger partial charge is 0.444 e. The van der Waals surface area contributed by atoms with Crippen LogP contribution in [0.3, 0.4) is 0 Å². The number of alkyl carbamates (subject to hydrolysis) is 1. The molecule has 1 aromatic carbocycles. The second-order valence-corrected chi connectivity index (χ2v) is 8.25. The maximum atomic E-state index is 11.9. The fourth-order valence-corrected chi connectivity index (χ4v) is 3.49. The Bertz CT molecular complexity index is 560. The number of hydrogen-bond donors (Lipinski definition) is 1. The molecule has 1 saturated heterocycles. The first kappa shape index (κ1) is 18.6. The Morgan fingerprint density at radius 2 is 2.22 bits per heavy atom. The van der Waals surface area contributed by atoms with E-state index in [-0.39, 0.29) is 12.1 Å². The van der Waals surface area contributed by atoms with Gasteiger partial charge >= 0.3 is 6.09 Å². The fourth-order valence-electron chi connectivity index (χ4n) is 2.68. The molecular weight excluding hydrogens is 380 g/mol. The van der Waals surface area contributed by atoms with Gasteiger partial charge in [-0.05, 0) is 57.9 Å². The van der Waals surface area contributed by atoms with Gasteiger partial charge in [-0.15, -0.1) is 0 Å². The van der Waals surface area contributed by atoms with Crippen LogP contribution >= 0.6 is 27.5 Å². The van der Waals surface area contributed by atoms with Crippen molar-refractivity contribution in [2.24, 2.45) is 0 Å². The molecule has 1 fully saturated rings. The van der Waals surface area contributed by atoms with Gasteiger partial charge in [0, 0.05) is 28.6 Å². The van der Waals surface area contributed by atoms with E-state index in [1.165, 1.54) is 5.56 Å². The third kappa shape index (κ3) is 6.32. The van der Waals surface area contributed by atoms with E-state index in [4.69, 9.17) is 16.3 Å². The highest BCUT2D eigenvalue weighted by molar-refractivity contribution is 9.10. The molecule has 1 heterocycles. The number of amides is 1. The highest BCUT2D eigenvalue weighted by Crippen LogP contribution is 2.24. The quantitative estimate of drug-likeness (QED) is 0.802. The van der Waals surface area contributed by atoms with Crippen molar-refractivity contribution in [3.63, 3.8) is 0 Å². The lowest BCUT2D eigenvalue weighted by molar-refractivity contribution is 0.0470. The molecule has 1 unspecified atom stereocenters. The lowest BCUT2D eigenvalue weighted by Gasteiger charge is -2.33. The van der Waals surface area contributed by atoms with Crippen molar-refractivity contribution in [1.29, 1.82) is 0 Å². The highest BCUT2D eigenvalue weighted by atomic mass is 79.9. The van der Waals surface area contributed by atoms with E-state index in [9.17, 15) is 4.79 Å². The molecule has 23 heavy (non-hydrogen) atoms. The zero-order valence-corrected chi connectivity index (χ0v) is 16.2. The van der Waals surface area contributed by atoms with E-state index in [0.29, 0.717) is 0 Å². The third-order valence-electron chi connectivity index (χ3n) is 3.64. The predicted molar refractivity (Wildman–Crippen MR) is 96.8 cm³/mol. The average molecular weight is 404 g/mol. The van der Waals surface area contributed by atoms with Crippen LogP contribution in [-0.2, 0) is 11.3 Å². The molecule has 0 spiro atoms. The van der Waals surface area contributed by atoms with Crippen molar-refractivity contribution in [2.75, 3.05) is 13.1 Å². The average Bonchev–Trinajstić information content (AvgIpc) is 2.40. The van der Waals surface area contributed by atoms with Crippen molar-refractivity contribution in [2.45, 2.75) is 51.8 Å². The Morgan fingerprint density at radius 1 is 1.48 bits per heavy atom. The Balaban J connectivity index is 1.89. The van der Waals surface area contributed by atoms with Crippen molar-refractivity contribution in [1.82, 2.24) is 10.2 Å². The minimum absolute atomic E-state index is 0.129. The molecule has 4 nitrogen and oxygen atoms in total. The number of nitrogens with one attached hydrogen (secondary N) is 1. The van der Waals surface area contributed by atoms with Crippen LogP contribution in [-0.4, -0.2) is 35.7 Å². The van der Waals surface area contributed by atoms with Crippen molar-refractivity contribution < 1.29 is 9.53 Å². The summed E-state index contributed by atoms with van der Waals surface area (Å²) in [4.78, 5) is 14.3. The van der Waals surface area contributed by atoms with E-state index < -0.39 is 5.60 Å². The van der Waals surface area contributed by atoms with Gasteiger partial charge in [-0.3, -0.25) is 4.90 Å². The first-order valence-corrected chi connectivity index (χ1v) is 9.06. The summed E-state index contributed by atoms with van der Waals surface area (Å²) in [6, 6.07) is 5.99.